The van der Waals surface area contributed by atoms with Crippen LogP contribution in [0.2, 0.25) is 0 Å². The standard InChI is InChI=1S/C16H23N3O2/c1-12-6-5-7-14(10-12)18-15(20)11-17-13(2)16(21)19-8-3-4-9-19/h5-7,10,13,17H,3-4,8-9,11H2,1-2H3,(H,18,20). The van der Waals surface area contributed by atoms with Gasteiger partial charge >= 0.3 is 0 Å². The van der Waals surface area contributed by atoms with Crippen molar-refractivity contribution in [3.63, 3.8) is 0 Å². The predicted molar refractivity (Wildman–Crippen MR) is 83.1 cm³/mol. The zero-order valence-corrected chi connectivity index (χ0v) is 12.7. The molecule has 2 N–H and O–H groups in total. The molecular weight excluding hydrogens is 266 g/mol. The van der Waals surface area contributed by atoms with Crippen molar-refractivity contribution in [2.45, 2.75) is 32.7 Å². The Balaban J connectivity index is 1.76. The molecule has 0 spiro atoms. The lowest BCUT2D eigenvalue weighted by Gasteiger charge is -2.21. The molecule has 0 aromatic heterocycles. The third-order valence-corrected chi connectivity index (χ3v) is 3.66. The molecule has 1 fully saturated rings. The molecule has 0 radical (unpaired) electrons. The monoisotopic (exact) mass is 289 g/mol. The van der Waals surface area contributed by atoms with Crippen LogP contribution in [-0.2, 0) is 9.59 Å². The summed E-state index contributed by atoms with van der Waals surface area (Å²) in [5, 5.41) is 5.81. The predicted octanol–water partition coefficient (Wildman–Crippen LogP) is 1.53. The smallest absolute Gasteiger partial charge is 0.239 e. The van der Waals surface area contributed by atoms with Gasteiger partial charge in [0.2, 0.25) is 11.8 Å². The van der Waals surface area contributed by atoms with Gasteiger partial charge in [0, 0.05) is 18.8 Å². The zero-order valence-electron chi connectivity index (χ0n) is 12.7. The molecule has 1 aliphatic rings. The lowest BCUT2D eigenvalue weighted by Crippen LogP contribution is -2.45. The van der Waals surface area contributed by atoms with Crippen molar-refractivity contribution < 1.29 is 9.59 Å². The summed E-state index contributed by atoms with van der Waals surface area (Å²) < 4.78 is 0. The van der Waals surface area contributed by atoms with Gasteiger partial charge in [-0.3, -0.25) is 14.9 Å². The zero-order chi connectivity index (χ0) is 15.2. The summed E-state index contributed by atoms with van der Waals surface area (Å²) in [7, 11) is 0. The summed E-state index contributed by atoms with van der Waals surface area (Å²) in [6.07, 6.45) is 2.15. The maximum atomic E-state index is 12.1. The third kappa shape index (κ3) is 4.56. The van der Waals surface area contributed by atoms with E-state index < -0.39 is 0 Å². The average Bonchev–Trinajstić information content (AvgIpc) is 2.98. The van der Waals surface area contributed by atoms with E-state index in [1.165, 1.54) is 0 Å². The molecular formula is C16H23N3O2. The van der Waals surface area contributed by atoms with Crippen LogP contribution in [0.1, 0.15) is 25.3 Å². The summed E-state index contributed by atoms with van der Waals surface area (Å²) in [6, 6.07) is 7.31. The Kier molecular flexibility index (Phi) is 5.33. The second-order valence-corrected chi connectivity index (χ2v) is 5.55. The number of carbonyl (C=O) groups excluding carboxylic acids is 2. The van der Waals surface area contributed by atoms with Crippen LogP contribution in [-0.4, -0.2) is 42.4 Å². The van der Waals surface area contributed by atoms with Crippen molar-refractivity contribution in [1.29, 1.82) is 0 Å². The minimum Gasteiger partial charge on any atom is -0.341 e. The normalized spacial score (nSPS) is 15.8. The van der Waals surface area contributed by atoms with E-state index >= 15 is 0 Å². The van der Waals surface area contributed by atoms with Crippen LogP contribution in [0.5, 0.6) is 0 Å². The van der Waals surface area contributed by atoms with E-state index in [0.29, 0.717) is 0 Å². The fourth-order valence-electron chi connectivity index (χ4n) is 2.47. The van der Waals surface area contributed by atoms with E-state index in [9.17, 15) is 9.59 Å². The molecule has 5 nitrogen and oxygen atoms in total. The molecule has 5 heteroatoms. The first kappa shape index (κ1) is 15.5. The van der Waals surface area contributed by atoms with Crippen molar-refractivity contribution in [2.75, 3.05) is 25.0 Å². The highest BCUT2D eigenvalue weighted by Gasteiger charge is 2.23. The number of likely N-dealkylation sites (tertiary alicyclic amines) is 1. The van der Waals surface area contributed by atoms with E-state index in [1.54, 1.807) is 6.92 Å². The van der Waals surface area contributed by atoms with E-state index in [2.05, 4.69) is 10.6 Å². The van der Waals surface area contributed by atoms with Crippen molar-refractivity contribution in [3.8, 4) is 0 Å². The van der Waals surface area contributed by atoms with Gasteiger partial charge in [0.15, 0.2) is 0 Å². The van der Waals surface area contributed by atoms with Gasteiger partial charge in [0.25, 0.3) is 0 Å². The topological polar surface area (TPSA) is 61.4 Å². The molecule has 0 saturated carbocycles. The second kappa shape index (κ2) is 7.22. The molecule has 114 valence electrons. The van der Waals surface area contributed by atoms with Crippen LogP contribution < -0.4 is 10.6 Å². The average molecular weight is 289 g/mol. The number of amides is 2. The number of nitrogens with zero attached hydrogens (tertiary/aromatic N) is 1. The van der Waals surface area contributed by atoms with Crippen LogP contribution in [0.15, 0.2) is 24.3 Å². The van der Waals surface area contributed by atoms with E-state index in [4.69, 9.17) is 0 Å². The van der Waals surface area contributed by atoms with E-state index in [-0.39, 0.29) is 24.4 Å². The van der Waals surface area contributed by atoms with Gasteiger partial charge in [0.1, 0.15) is 0 Å². The molecule has 2 amide bonds. The number of rotatable bonds is 5. The highest BCUT2D eigenvalue weighted by atomic mass is 16.2. The van der Waals surface area contributed by atoms with Crippen LogP contribution in [0.3, 0.4) is 0 Å². The lowest BCUT2D eigenvalue weighted by molar-refractivity contribution is -0.132. The van der Waals surface area contributed by atoms with Gasteiger partial charge in [-0.25, -0.2) is 0 Å². The lowest BCUT2D eigenvalue weighted by atomic mass is 10.2. The maximum absolute atomic E-state index is 12.1. The number of anilines is 1. The summed E-state index contributed by atoms with van der Waals surface area (Å²) >= 11 is 0. The van der Waals surface area contributed by atoms with Gasteiger partial charge in [-0.05, 0) is 44.4 Å². The van der Waals surface area contributed by atoms with Gasteiger partial charge in [-0.1, -0.05) is 12.1 Å². The minimum atomic E-state index is -0.327. The molecule has 0 aliphatic carbocycles. The Morgan fingerprint density at radius 3 is 2.67 bits per heavy atom. The quantitative estimate of drug-likeness (QED) is 0.864. The molecule has 1 saturated heterocycles. The highest BCUT2D eigenvalue weighted by Crippen LogP contribution is 2.10. The summed E-state index contributed by atoms with van der Waals surface area (Å²) in [6.45, 7) is 5.58. The first-order valence-corrected chi connectivity index (χ1v) is 7.45. The van der Waals surface area contributed by atoms with Crippen molar-refractivity contribution in [1.82, 2.24) is 10.2 Å². The van der Waals surface area contributed by atoms with Crippen molar-refractivity contribution >= 4 is 17.5 Å². The number of nitrogens with one attached hydrogen (secondary N) is 2. The number of carbonyl (C=O) groups is 2. The van der Waals surface area contributed by atoms with Crippen LogP contribution in [0.25, 0.3) is 0 Å². The fraction of sp³-hybridized carbons (Fsp3) is 0.500. The fourth-order valence-corrected chi connectivity index (χ4v) is 2.47. The van der Waals surface area contributed by atoms with E-state index in [1.807, 2.05) is 36.1 Å². The van der Waals surface area contributed by atoms with Crippen LogP contribution >= 0.6 is 0 Å². The van der Waals surface area contributed by atoms with Gasteiger partial charge in [-0.15, -0.1) is 0 Å². The van der Waals surface area contributed by atoms with Gasteiger partial charge in [-0.2, -0.15) is 0 Å². The first-order chi connectivity index (χ1) is 10.1. The molecule has 1 aromatic carbocycles. The van der Waals surface area contributed by atoms with Crippen LogP contribution in [0.4, 0.5) is 5.69 Å². The molecule has 0 bridgehead atoms. The van der Waals surface area contributed by atoms with Crippen molar-refractivity contribution in [2.24, 2.45) is 0 Å². The summed E-state index contributed by atoms with van der Waals surface area (Å²) in [5.41, 5.74) is 1.87. The molecule has 1 aromatic rings. The number of hydrogen-bond acceptors (Lipinski definition) is 3. The molecule has 1 heterocycles. The Morgan fingerprint density at radius 2 is 2.00 bits per heavy atom. The minimum absolute atomic E-state index is 0.0795. The molecule has 1 atom stereocenters. The number of benzene rings is 1. The first-order valence-electron chi connectivity index (χ1n) is 7.45. The Morgan fingerprint density at radius 1 is 1.29 bits per heavy atom. The van der Waals surface area contributed by atoms with Gasteiger partial charge < -0.3 is 10.2 Å². The molecule has 21 heavy (non-hydrogen) atoms. The third-order valence-electron chi connectivity index (χ3n) is 3.66. The Hall–Kier alpha value is -1.88. The molecule has 1 aliphatic heterocycles. The largest absolute Gasteiger partial charge is 0.341 e. The summed E-state index contributed by atoms with van der Waals surface area (Å²) in [5.74, 6) is -0.0578. The second-order valence-electron chi connectivity index (χ2n) is 5.55. The Labute approximate surface area is 125 Å². The summed E-state index contributed by atoms with van der Waals surface area (Å²) in [4.78, 5) is 25.8. The highest BCUT2D eigenvalue weighted by molar-refractivity contribution is 5.93. The number of aryl methyl sites for hydroxylation is 1. The molecule has 1 unspecified atom stereocenters. The van der Waals surface area contributed by atoms with Crippen molar-refractivity contribution in [3.05, 3.63) is 29.8 Å². The molecule has 2 rings (SSSR count). The Bertz CT molecular complexity index is 510. The SMILES string of the molecule is Cc1cccc(NC(=O)CNC(C)C(=O)N2CCCC2)c1. The van der Waals surface area contributed by atoms with Gasteiger partial charge in [0.05, 0.1) is 12.6 Å². The maximum Gasteiger partial charge on any atom is 0.239 e. The van der Waals surface area contributed by atoms with E-state index in [0.717, 1.165) is 37.2 Å². The van der Waals surface area contributed by atoms with Crippen LogP contribution in [0, 0.1) is 6.92 Å². The number of hydrogen-bond donors (Lipinski definition) is 2.